The lowest BCUT2D eigenvalue weighted by Gasteiger charge is -1.92. The molecule has 0 saturated carbocycles. The summed E-state index contributed by atoms with van der Waals surface area (Å²) < 4.78 is 0. The Morgan fingerprint density at radius 3 is 2.50 bits per heavy atom. The molecule has 46 valence electrons. The molecule has 0 amide bonds. The molecule has 0 aliphatic carbocycles. The third-order valence-corrected chi connectivity index (χ3v) is 1.70. The molecule has 0 N–H and O–H groups in total. The van der Waals surface area contributed by atoms with Crippen LogP contribution >= 0.6 is 15.9 Å². The lowest BCUT2D eigenvalue weighted by Crippen LogP contribution is -1.77. The fourth-order valence-corrected chi connectivity index (χ4v) is 1.01. The molecule has 0 aromatic heterocycles. The summed E-state index contributed by atoms with van der Waals surface area (Å²) in [5.74, 6) is 0. The van der Waals surface area contributed by atoms with E-state index in [0.717, 1.165) is 11.8 Å². The number of alkyl halides is 1. The Balaban J connectivity index is 3.66. The van der Waals surface area contributed by atoms with Crippen LogP contribution in [0.5, 0.6) is 0 Å². The van der Waals surface area contributed by atoms with Crippen molar-refractivity contribution in [2.24, 2.45) is 0 Å². The first-order valence-corrected chi connectivity index (χ1v) is 3.83. The van der Waals surface area contributed by atoms with Crippen LogP contribution in [0.1, 0.15) is 13.3 Å². The van der Waals surface area contributed by atoms with Crippen molar-refractivity contribution in [3.63, 3.8) is 0 Å². The van der Waals surface area contributed by atoms with Crippen molar-refractivity contribution >= 4 is 15.9 Å². The Hall–Kier alpha value is -0.0400. The fraction of sp³-hybridized carbons (Fsp3) is 0.429. The zero-order valence-electron chi connectivity index (χ0n) is 5.15. The maximum absolute atomic E-state index is 3.60. The van der Waals surface area contributed by atoms with Gasteiger partial charge in [0.1, 0.15) is 0 Å². The number of rotatable bonds is 3. The average Bonchev–Trinajstić information content (AvgIpc) is 1.83. The molecule has 0 rings (SSSR count). The highest BCUT2D eigenvalue weighted by molar-refractivity contribution is 9.09. The van der Waals surface area contributed by atoms with Crippen LogP contribution in [0.2, 0.25) is 0 Å². The Morgan fingerprint density at radius 2 is 2.38 bits per heavy atom. The summed E-state index contributed by atoms with van der Waals surface area (Å²) in [7, 11) is 0. The van der Waals surface area contributed by atoms with Crippen molar-refractivity contribution < 1.29 is 0 Å². The van der Waals surface area contributed by atoms with Crippen molar-refractivity contribution in [2.75, 3.05) is 5.33 Å². The molecule has 0 spiro atoms. The van der Waals surface area contributed by atoms with E-state index in [1.807, 2.05) is 12.2 Å². The van der Waals surface area contributed by atoms with Crippen molar-refractivity contribution in [1.29, 1.82) is 0 Å². The van der Waals surface area contributed by atoms with Crippen molar-refractivity contribution in [2.45, 2.75) is 13.3 Å². The number of halogens is 1. The van der Waals surface area contributed by atoms with Crippen LogP contribution < -0.4 is 0 Å². The molecule has 0 unspecified atom stereocenters. The first-order chi connectivity index (χ1) is 3.85. The van der Waals surface area contributed by atoms with E-state index in [9.17, 15) is 0 Å². The van der Waals surface area contributed by atoms with Gasteiger partial charge in [-0.2, -0.15) is 0 Å². The smallest absolute Gasteiger partial charge is 0.0244 e. The van der Waals surface area contributed by atoms with Gasteiger partial charge in [0.2, 0.25) is 0 Å². The maximum Gasteiger partial charge on any atom is 0.0244 e. The van der Waals surface area contributed by atoms with Gasteiger partial charge < -0.3 is 0 Å². The number of hydrogen-bond donors (Lipinski definition) is 0. The van der Waals surface area contributed by atoms with E-state index < -0.39 is 0 Å². The molecule has 0 nitrogen and oxygen atoms in total. The summed E-state index contributed by atoms with van der Waals surface area (Å²) in [5.41, 5.74) is 1.39. The van der Waals surface area contributed by atoms with Crippen molar-refractivity contribution in [3.8, 4) is 0 Å². The van der Waals surface area contributed by atoms with Crippen LogP contribution in [-0.4, -0.2) is 5.33 Å². The molecular formula is C7H11Br. The predicted molar refractivity (Wildman–Crippen MR) is 42.4 cm³/mol. The molecule has 0 atom stereocenters. The van der Waals surface area contributed by atoms with E-state index in [1.54, 1.807) is 0 Å². The molecule has 1 heteroatoms. The SMILES string of the molecule is C=C/C=C(\CC)CBr. The summed E-state index contributed by atoms with van der Waals surface area (Å²) in [4.78, 5) is 0. The largest absolute Gasteiger partial charge is 0.0991 e. The number of hydrogen-bond acceptors (Lipinski definition) is 0. The summed E-state index contributed by atoms with van der Waals surface area (Å²) in [6.07, 6.45) is 4.96. The molecular weight excluding hydrogens is 164 g/mol. The van der Waals surface area contributed by atoms with Gasteiger partial charge in [-0.15, -0.1) is 0 Å². The van der Waals surface area contributed by atoms with Crippen LogP contribution in [0.4, 0.5) is 0 Å². The van der Waals surface area contributed by atoms with E-state index in [2.05, 4.69) is 29.4 Å². The Kier molecular flexibility index (Phi) is 5.08. The second kappa shape index (κ2) is 5.10. The Bertz CT molecular complexity index is 86.6. The van der Waals surface area contributed by atoms with Crippen molar-refractivity contribution in [1.82, 2.24) is 0 Å². The zero-order chi connectivity index (χ0) is 6.41. The van der Waals surface area contributed by atoms with Gasteiger partial charge in [-0.25, -0.2) is 0 Å². The van der Waals surface area contributed by atoms with Crippen LogP contribution in [0.3, 0.4) is 0 Å². The Morgan fingerprint density at radius 1 is 1.75 bits per heavy atom. The maximum atomic E-state index is 3.60. The van der Waals surface area contributed by atoms with Gasteiger partial charge in [0.15, 0.2) is 0 Å². The minimum absolute atomic E-state index is 0.968. The van der Waals surface area contributed by atoms with Gasteiger partial charge in [0, 0.05) is 5.33 Å². The quantitative estimate of drug-likeness (QED) is 0.457. The zero-order valence-corrected chi connectivity index (χ0v) is 6.74. The summed E-state index contributed by atoms with van der Waals surface area (Å²) in [5, 5.41) is 0.968. The predicted octanol–water partition coefficient (Wildman–Crippen LogP) is 2.90. The monoisotopic (exact) mass is 174 g/mol. The highest BCUT2D eigenvalue weighted by Crippen LogP contribution is 2.03. The topological polar surface area (TPSA) is 0 Å². The van der Waals surface area contributed by atoms with Crippen LogP contribution in [0.25, 0.3) is 0 Å². The Labute approximate surface area is 59.4 Å². The summed E-state index contributed by atoms with van der Waals surface area (Å²) in [6.45, 7) is 5.73. The van der Waals surface area contributed by atoms with Gasteiger partial charge in [0.05, 0.1) is 0 Å². The van der Waals surface area contributed by atoms with Gasteiger partial charge in [-0.3, -0.25) is 0 Å². The molecule has 0 aromatic carbocycles. The van der Waals surface area contributed by atoms with E-state index in [4.69, 9.17) is 0 Å². The molecule has 0 aliphatic rings. The molecule has 0 radical (unpaired) electrons. The van der Waals surface area contributed by atoms with Gasteiger partial charge in [-0.05, 0) is 6.42 Å². The van der Waals surface area contributed by atoms with Gasteiger partial charge >= 0.3 is 0 Å². The highest BCUT2D eigenvalue weighted by Gasteiger charge is 1.84. The molecule has 0 aromatic rings. The standard InChI is InChI=1S/C7H11Br/c1-3-5-7(4-2)6-8/h3,5H,1,4,6H2,2H3/b7-5+. The van der Waals surface area contributed by atoms with Gasteiger partial charge in [-0.1, -0.05) is 47.2 Å². The minimum atomic E-state index is 0.968. The molecule has 8 heavy (non-hydrogen) atoms. The fourth-order valence-electron chi connectivity index (χ4n) is 0.424. The minimum Gasteiger partial charge on any atom is -0.0991 e. The lowest BCUT2D eigenvalue weighted by molar-refractivity contribution is 1.11. The summed E-state index contributed by atoms with van der Waals surface area (Å²) in [6, 6.07) is 0. The van der Waals surface area contributed by atoms with Crippen LogP contribution in [-0.2, 0) is 0 Å². The second-order valence-corrected chi connectivity index (χ2v) is 2.11. The molecule has 0 bridgehead atoms. The molecule has 0 saturated heterocycles. The normalized spacial score (nSPS) is 11.5. The van der Waals surface area contributed by atoms with E-state index in [0.29, 0.717) is 0 Å². The first kappa shape index (κ1) is 7.96. The third-order valence-electron chi connectivity index (χ3n) is 0.979. The summed E-state index contributed by atoms with van der Waals surface area (Å²) >= 11 is 3.36. The van der Waals surface area contributed by atoms with Crippen LogP contribution in [0.15, 0.2) is 24.3 Å². The third kappa shape index (κ3) is 3.03. The van der Waals surface area contributed by atoms with E-state index >= 15 is 0 Å². The van der Waals surface area contributed by atoms with Crippen LogP contribution in [0, 0.1) is 0 Å². The molecule has 0 heterocycles. The average molecular weight is 175 g/mol. The van der Waals surface area contributed by atoms with Crippen molar-refractivity contribution in [3.05, 3.63) is 24.3 Å². The van der Waals surface area contributed by atoms with E-state index in [1.165, 1.54) is 5.57 Å². The number of allylic oxidation sites excluding steroid dienone is 3. The first-order valence-electron chi connectivity index (χ1n) is 2.71. The lowest BCUT2D eigenvalue weighted by atomic mass is 10.2. The highest BCUT2D eigenvalue weighted by atomic mass is 79.9. The molecule has 0 fully saturated rings. The molecule has 0 aliphatic heterocycles. The second-order valence-electron chi connectivity index (χ2n) is 1.55. The van der Waals surface area contributed by atoms with E-state index in [-0.39, 0.29) is 0 Å². The van der Waals surface area contributed by atoms with Gasteiger partial charge in [0.25, 0.3) is 0 Å².